The lowest BCUT2D eigenvalue weighted by molar-refractivity contribution is -0.122. The van der Waals surface area contributed by atoms with E-state index in [-0.39, 0.29) is 36.5 Å². The van der Waals surface area contributed by atoms with Crippen LogP contribution in [0.2, 0.25) is 0 Å². The van der Waals surface area contributed by atoms with Crippen LogP contribution in [-0.2, 0) is 11.3 Å². The van der Waals surface area contributed by atoms with Crippen LogP contribution in [0.5, 0.6) is 0 Å². The number of amides is 1. The van der Waals surface area contributed by atoms with Gasteiger partial charge in [0, 0.05) is 25.4 Å². The minimum Gasteiger partial charge on any atom is -0.352 e. The van der Waals surface area contributed by atoms with E-state index in [0.717, 1.165) is 18.7 Å². The first kappa shape index (κ1) is 23.4. The summed E-state index contributed by atoms with van der Waals surface area (Å²) in [6.45, 7) is 4.55. The lowest BCUT2D eigenvalue weighted by atomic mass is 9.85. The van der Waals surface area contributed by atoms with Crippen LogP contribution in [0.15, 0.2) is 36.9 Å². The third kappa shape index (κ3) is 6.48. The molecule has 0 spiro atoms. The summed E-state index contributed by atoms with van der Waals surface area (Å²) >= 11 is 0. The monoisotopic (exact) mass is 416 g/mol. The van der Waals surface area contributed by atoms with E-state index in [0.29, 0.717) is 30.5 Å². The smallest absolute Gasteiger partial charge is 0.220 e. The van der Waals surface area contributed by atoms with Gasteiger partial charge in [0.1, 0.15) is 5.82 Å². The molecule has 27 heavy (non-hydrogen) atoms. The third-order valence-corrected chi connectivity index (χ3v) is 4.93. The summed E-state index contributed by atoms with van der Waals surface area (Å²) in [4.78, 5) is 16.1. The molecule has 0 aliphatic carbocycles. The predicted octanol–water partition coefficient (Wildman–Crippen LogP) is 3.50. The first-order valence-electron chi connectivity index (χ1n) is 8.87. The van der Waals surface area contributed by atoms with E-state index in [4.69, 9.17) is 0 Å². The van der Waals surface area contributed by atoms with E-state index in [1.807, 2.05) is 6.07 Å². The topological polar surface area (TPSA) is 59.0 Å². The summed E-state index contributed by atoms with van der Waals surface area (Å²) in [5.41, 5.74) is 1.20. The summed E-state index contributed by atoms with van der Waals surface area (Å²) in [6, 6.07) is 4.99. The van der Waals surface area contributed by atoms with Crippen LogP contribution in [0.25, 0.3) is 5.69 Å². The number of rotatable bonds is 6. The third-order valence-electron chi connectivity index (χ3n) is 4.93. The van der Waals surface area contributed by atoms with E-state index in [1.54, 1.807) is 29.4 Å². The summed E-state index contributed by atoms with van der Waals surface area (Å²) in [5.74, 6) is 0.614. The van der Waals surface area contributed by atoms with Crippen molar-refractivity contribution in [3.63, 3.8) is 0 Å². The first-order valence-corrected chi connectivity index (χ1v) is 8.87. The average Bonchev–Trinajstić information content (AvgIpc) is 3.15. The minimum absolute atomic E-state index is 0. The van der Waals surface area contributed by atoms with Gasteiger partial charge in [-0.1, -0.05) is 13.0 Å². The summed E-state index contributed by atoms with van der Waals surface area (Å²) in [5, 5.41) is 6.30. The molecule has 1 aromatic carbocycles. The van der Waals surface area contributed by atoms with Crippen molar-refractivity contribution >= 4 is 30.7 Å². The van der Waals surface area contributed by atoms with Crippen molar-refractivity contribution in [1.82, 2.24) is 20.2 Å². The Balaban J connectivity index is 0.00000182. The lowest BCUT2D eigenvalue weighted by Gasteiger charge is -2.28. The fourth-order valence-corrected chi connectivity index (χ4v) is 3.37. The molecular weight excluding hydrogens is 390 g/mol. The Bertz CT molecular complexity index is 706. The highest BCUT2D eigenvalue weighted by Crippen LogP contribution is 2.22. The van der Waals surface area contributed by atoms with Gasteiger partial charge >= 0.3 is 0 Å². The van der Waals surface area contributed by atoms with Gasteiger partial charge in [-0.3, -0.25) is 4.79 Å². The highest BCUT2D eigenvalue weighted by atomic mass is 35.5. The molecule has 1 fully saturated rings. The second-order valence-corrected chi connectivity index (χ2v) is 6.82. The fourth-order valence-electron chi connectivity index (χ4n) is 3.37. The van der Waals surface area contributed by atoms with Crippen LogP contribution in [0, 0.1) is 17.7 Å². The van der Waals surface area contributed by atoms with Gasteiger partial charge in [0.25, 0.3) is 0 Å². The van der Waals surface area contributed by atoms with Gasteiger partial charge in [0.15, 0.2) is 0 Å². The molecule has 3 rings (SSSR count). The van der Waals surface area contributed by atoms with Gasteiger partial charge in [0.05, 0.1) is 12.0 Å². The van der Waals surface area contributed by atoms with Crippen LogP contribution in [0.4, 0.5) is 4.39 Å². The van der Waals surface area contributed by atoms with Crippen LogP contribution in [0.1, 0.15) is 31.7 Å². The molecule has 5 nitrogen and oxygen atoms in total. The molecule has 0 saturated carbocycles. The Kier molecular flexibility index (Phi) is 9.77. The molecule has 0 radical (unpaired) electrons. The van der Waals surface area contributed by atoms with Crippen LogP contribution >= 0.6 is 24.8 Å². The molecule has 0 bridgehead atoms. The molecule has 2 atom stereocenters. The van der Waals surface area contributed by atoms with E-state index < -0.39 is 0 Å². The average molecular weight is 417 g/mol. The van der Waals surface area contributed by atoms with Gasteiger partial charge < -0.3 is 15.2 Å². The summed E-state index contributed by atoms with van der Waals surface area (Å²) in [7, 11) is 0. The number of hydrogen-bond acceptors (Lipinski definition) is 3. The van der Waals surface area contributed by atoms with Gasteiger partial charge in [-0.15, -0.1) is 24.8 Å². The Morgan fingerprint density at radius 2 is 2.26 bits per heavy atom. The molecule has 2 aromatic rings. The standard InChI is InChI=1S/C19H25FN4O.2ClH/c1-14(16-3-2-6-21-12-16)9-19(25)23-11-15-4-5-18(17(20)10-15)24-8-7-22-13-24;;/h4-5,7-8,10,13-14,16,21H,2-3,6,9,11-12H2,1H3,(H,23,25);2*1H. The minimum atomic E-state index is -0.327. The maximum atomic E-state index is 14.2. The fraction of sp³-hybridized carbons (Fsp3) is 0.474. The van der Waals surface area contributed by atoms with Crippen molar-refractivity contribution in [1.29, 1.82) is 0 Å². The number of benzene rings is 1. The van der Waals surface area contributed by atoms with Crippen molar-refractivity contribution in [3.8, 4) is 5.69 Å². The highest BCUT2D eigenvalue weighted by molar-refractivity contribution is 5.85. The van der Waals surface area contributed by atoms with Gasteiger partial charge in [-0.25, -0.2) is 9.37 Å². The number of nitrogens with zero attached hydrogens (tertiary/aromatic N) is 2. The molecule has 150 valence electrons. The molecule has 1 aliphatic heterocycles. The first-order chi connectivity index (χ1) is 12.1. The number of hydrogen-bond donors (Lipinski definition) is 2. The Labute approximate surface area is 172 Å². The van der Waals surface area contributed by atoms with E-state index in [1.165, 1.54) is 18.9 Å². The number of carbonyl (C=O) groups is 1. The molecule has 2 unspecified atom stereocenters. The van der Waals surface area contributed by atoms with Gasteiger partial charge in [-0.2, -0.15) is 0 Å². The zero-order chi connectivity index (χ0) is 17.6. The second-order valence-electron chi connectivity index (χ2n) is 6.82. The summed E-state index contributed by atoms with van der Waals surface area (Å²) in [6.07, 6.45) is 7.74. The van der Waals surface area contributed by atoms with E-state index in [9.17, 15) is 9.18 Å². The number of carbonyl (C=O) groups excluding carboxylic acids is 1. The molecule has 2 N–H and O–H groups in total. The van der Waals surface area contributed by atoms with Gasteiger partial charge in [0.2, 0.25) is 5.91 Å². The van der Waals surface area contributed by atoms with Crippen molar-refractivity contribution in [3.05, 3.63) is 48.3 Å². The predicted molar refractivity (Wildman–Crippen MR) is 109 cm³/mol. The van der Waals surface area contributed by atoms with Crippen molar-refractivity contribution in [2.75, 3.05) is 13.1 Å². The quantitative estimate of drug-likeness (QED) is 0.757. The second kappa shape index (κ2) is 11.3. The molecule has 1 aliphatic rings. The van der Waals surface area contributed by atoms with Gasteiger partial charge in [-0.05, 0) is 55.5 Å². The van der Waals surface area contributed by atoms with Crippen molar-refractivity contribution in [2.24, 2.45) is 11.8 Å². The molecule has 1 amide bonds. The maximum absolute atomic E-state index is 14.2. The van der Waals surface area contributed by atoms with E-state index in [2.05, 4.69) is 22.5 Å². The van der Waals surface area contributed by atoms with Crippen LogP contribution < -0.4 is 10.6 Å². The highest BCUT2D eigenvalue weighted by Gasteiger charge is 2.21. The largest absolute Gasteiger partial charge is 0.352 e. The molecule has 1 aromatic heterocycles. The van der Waals surface area contributed by atoms with Crippen LogP contribution in [0.3, 0.4) is 0 Å². The Morgan fingerprint density at radius 1 is 1.44 bits per heavy atom. The zero-order valence-corrected chi connectivity index (χ0v) is 17.0. The molecular formula is C19H27Cl2FN4O. The molecule has 1 saturated heterocycles. The number of nitrogens with one attached hydrogen (secondary N) is 2. The number of piperidine rings is 1. The normalized spacial score (nSPS) is 17.3. The van der Waals surface area contributed by atoms with Crippen molar-refractivity contribution < 1.29 is 9.18 Å². The number of halogens is 3. The summed E-state index contributed by atoms with van der Waals surface area (Å²) < 4.78 is 15.8. The Morgan fingerprint density at radius 3 is 2.89 bits per heavy atom. The zero-order valence-electron chi connectivity index (χ0n) is 15.4. The lowest BCUT2D eigenvalue weighted by Crippen LogP contribution is -2.35. The van der Waals surface area contributed by atoms with E-state index >= 15 is 0 Å². The number of aromatic nitrogens is 2. The Hall–Kier alpha value is -1.63. The molecule has 2 heterocycles. The van der Waals surface area contributed by atoms with Crippen molar-refractivity contribution in [2.45, 2.75) is 32.7 Å². The van der Waals surface area contributed by atoms with Crippen LogP contribution in [-0.4, -0.2) is 28.5 Å². The molecule has 8 heteroatoms. The maximum Gasteiger partial charge on any atom is 0.220 e. The SMILES string of the molecule is CC(CC(=O)NCc1ccc(-n2ccnc2)c(F)c1)C1CCCNC1.Cl.Cl. The number of imidazole rings is 1.